The lowest BCUT2D eigenvalue weighted by molar-refractivity contribution is -0.143. The summed E-state index contributed by atoms with van der Waals surface area (Å²) in [7, 11) is 0. The van der Waals surface area contributed by atoms with Crippen LogP contribution in [0.5, 0.6) is 0 Å². The van der Waals surface area contributed by atoms with Crippen LogP contribution in [-0.2, 0) is 14.3 Å². The van der Waals surface area contributed by atoms with Gasteiger partial charge in [0, 0.05) is 38.8 Å². The van der Waals surface area contributed by atoms with Gasteiger partial charge in [-0.15, -0.1) is 12.4 Å². The molecule has 1 atom stereocenters. The van der Waals surface area contributed by atoms with Crippen molar-refractivity contribution in [2.45, 2.75) is 45.1 Å². The fourth-order valence-electron chi connectivity index (χ4n) is 3.15. The van der Waals surface area contributed by atoms with Gasteiger partial charge in [-0.3, -0.25) is 9.59 Å². The Morgan fingerprint density at radius 2 is 2.17 bits per heavy atom. The van der Waals surface area contributed by atoms with Crippen molar-refractivity contribution in [1.29, 1.82) is 0 Å². The SMILES string of the molecule is CCCCCOCC(=O)N1CCCC(N2CCNCC2=O)C1.Cl. The second-order valence-corrected chi connectivity index (χ2v) is 6.16. The van der Waals surface area contributed by atoms with Gasteiger partial charge >= 0.3 is 0 Å². The van der Waals surface area contributed by atoms with Crippen LogP contribution in [0.4, 0.5) is 0 Å². The summed E-state index contributed by atoms with van der Waals surface area (Å²) in [5.41, 5.74) is 0. The number of rotatable bonds is 7. The summed E-state index contributed by atoms with van der Waals surface area (Å²) >= 11 is 0. The van der Waals surface area contributed by atoms with Crippen molar-refractivity contribution in [3.63, 3.8) is 0 Å². The number of amides is 2. The van der Waals surface area contributed by atoms with Crippen LogP contribution in [0.2, 0.25) is 0 Å². The molecule has 0 aromatic heterocycles. The average molecular weight is 348 g/mol. The number of carbonyl (C=O) groups excluding carboxylic acids is 2. The Hall–Kier alpha value is -0.850. The Kier molecular flexibility index (Phi) is 9.52. The summed E-state index contributed by atoms with van der Waals surface area (Å²) in [6.07, 6.45) is 5.27. The Balaban J connectivity index is 0.00000264. The van der Waals surface area contributed by atoms with Crippen LogP contribution in [0.3, 0.4) is 0 Å². The number of hydrogen-bond acceptors (Lipinski definition) is 4. The number of unbranched alkanes of at least 4 members (excludes halogenated alkanes) is 2. The summed E-state index contributed by atoms with van der Waals surface area (Å²) in [6, 6.07) is 0.174. The average Bonchev–Trinajstić information content (AvgIpc) is 2.55. The molecule has 0 bridgehead atoms. The van der Waals surface area contributed by atoms with Gasteiger partial charge in [-0.1, -0.05) is 19.8 Å². The molecule has 2 saturated heterocycles. The summed E-state index contributed by atoms with van der Waals surface area (Å²) in [5.74, 6) is 0.213. The molecule has 134 valence electrons. The van der Waals surface area contributed by atoms with E-state index < -0.39 is 0 Å². The van der Waals surface area contributed by atoms with Gasteiger partial charge in [0.1, 0.15) is 6.61 Å². The van der Waals surface area contributed by atoms with Crippen LogP contribution >= 0.6 is 12.4 Å². The van der Waals surface area contributed by atoms with E-state index in [1.165, 1.54) is 0 Å². The summed E-state index contributed by atoms with van der Waals surface area (Å²) in [4.78, 5) is 28.0. The van der Waals surface area contributed by atoms with Gasteiger partial charge in [-0.2, -0.15) is 0 Å². The normalized spacial score (nSPS) is 22.0. The number of piperazine rings is 1. The minimum absolute atomic E-state index is 0. The number of hydrogen-bond donors (Lipinski definition) is 1. The smallest absolute Gasteiger partial charge is 0.248 e. The van der Waals surface area contributed by atoms with Gasteiger partial charge in [-0.05, 0) is 19.3 Å². The van der Waals surface area contributed by atoms with Gasteiger partial charge < -0.3 is 19.9 Å². The second kappa shape index (κ2) is 10.8. The maximum atomic E-state index is 12.2. The zero-order valence-corrected chi connectivity index (χ0v) is 14.9. The van der Waals surface area contributed by atoms with Crippen LogP contribution in [0.1, 0.15) is 39.0 Å². The highest BCUT2D eigenvalue weighted by molar-refractivity contribution is 5.85. The summed E-state index contributed by atoms with van der Waals surface area (Å²) in [5, 5.41) is 3.09. The van der Waals surface area contributed by atoms with Crippen LogP contribution in [-0.4, -0.2) is 73.6 Å². The topological polar surface area (TPSA) is 61.9 Å². The molecule has 1 unspecified atom stereocenters. The largest absolute Gasteiger partial charge is 0.372 e. The van der Waals surface area contributed by atoms with E-state index in [0.717, 1.165) is 51.7 Å². The summed E-state index contributed by atoms with van der Waals surface area (Å²) < 4.78 is 5.47. The van der Waals surface area contributed by atoms with Gasteiger partial charge in [0.15, 0.2) is 0 Å². The first kappa shape index (κ1) is 20.2. The molecule has 6 nitrogen and oxygen atoms in total. The first-order valence-corrected chi connectivity index (χ1v) is 8.58. The van der Waals surface area contributed by atoms with Crippen molar-refractivity contribution >= 4 is 24.2 Å². The van der Waals surface area contributed by atoms with E-state index in [2.05, 4.69) is 12.2 Å². The molecule has 0 saturated carbocycles. The van der Waals surface area contributed by atoms with Crippen LogP contribution in [0.25, 0.3) is 0 Å². The van der Waals surface area contributed by atoms with Crippen molar-refractivity contribution in [2.75, 3.05) is 45.9 Å². The molecule has 2 amide bonds. The number of likely N-dealkylation sites (tertiary alicyclic amines) is 1. The van der Waals surface area contributed by atoms with Crippen molar-refractivity contribution in [3.05, 3.63) is 0 Å². The molecule has 1 N–H and O–H groups in total. The number of halogens is 1. The maximum absolute atomic E-state index is 12.2. The Labute approximate surface area is 145 Å². The predicted molar refractivity (Wildman–Crippen MR) is 91.8 cm³/mol. The lowest BCUT2D eigenvalue weighted by atomic mass is 10.0. The zero-order chi connectivity index (χ0) is 15.8. The third-order valence-electron chi connectivity index (χ3n) is 4.43. The van der Waals surface area contributed by atoms with Crippen molar-refractivity contribution in [1.82, 2.24) is 15.1 Å². The zero-order valence-electron chi connectivity index (χ0n) is 14.1. The van der Waals surface area contributed by atoms with Crippen LogP contribution in [0.15, 0.2) is 0 Å². The molecular formula is C16H30ClN3O3. The molecule has 0 aliphatic carbocycles. The van der Waals surface area contributed by atoms with Gasteiger partial charge in [0.05, 0.1) is 6.54 Å². The monoisotopic (exact) mass is 347 g/mol. The Morgan fingerprint density at radius 3 is 2.91 bits per heavy atom. The molecule has 2 heterocycles. The highest BCUT2D eigenvalue weighted by Gasteiger charge is 2.31. The summed E-state index contributed by atoms with van der Waals surface area (Å²) in [6.45, 7) is 6.44. The molecule has 2 aliphatic heterocycles. The van der Waals surface area contributed by atoms with Crippen molar-refractivity contribution in [3.8, 4) is 0 Å². The predicted octanol–water partition coefficient (Wildman–Crippen LogP) is 1.04. The maximum Gasteiger partial charge on any atom is 0.248 e. The van der Waals surface area contributed by atoms with Gasteiger partial charge in [0.2, 0.25) is 11.8 Å². The van der Waals surface area contributed by atoms with Crippen LogP contribution < -0.4 is 5.32 Å². The van der Waals surface area contributed by atoms with Gasteiger partial charge in [-0.25, -0.2) is 0 Å². The molecule has 0 aromatic carbocycles. The van der Waals surface area contributed by atoms with E-state index in [1.54, 1.807) is 0 Å². The van der Waals surface area contributed by atoms with Crippen molar-refractivity contribution in [2.24, 2.45) is 0 Å². The highest BCUT2D eigenvalue weighted by atomic mass is 35.5. The van der Waals surface area contributed by atoms with Gasteiger partial charge in [0.25, 0.3) is 0 Å². The van der Waals surface area contributed by atoms with E-state index >= 15 is 0 Å². The fourth-order valence-corrected chi connectivity index (χ4v) is 3.15. The highest BCUT2D eigenvalue weighted by Crippen LogP contribution is 2.17. The molecule has 7 heteroatoms. The minimum atomic E-state index is 0. The van der Waals surface area contributed by atoms with Crippen molar-refractivity contribution < 1.29 is 14.3 Å². The minimum Gasteiger partial charge on any atom is -0.372 e. The second-order valence-electron chi connectivity index (χ2n) is 6.16. The van der Waals surface area contributed by atoms with Crippen LogP contribution in [0, 0.1) is 0 Å². The fraction of sp³-hybridized carbons (Fsp3) is 0.875. The number of ether oxygens (including phenoxy) is 1. The third kappa shape index (κ3) is 6.28. The first-order valence-electron chi connectivity index (χ1n) is 8.58. The molecule has 0 radical (unpaired) electrons. The van der Waals surface area contributed by atoms with E-state index in [1.807, 2.05) is 9.80 Å². The lowest BCUT2D eigenvalue weighted by Crippen LogP contribution is -2.57. The molecule has 0 aromatic rings. The molecule has 2 aliphatic rings. The quantitative estimate of drug-likeness (QED) is 0.699. The molecular weight excluding hydrogens is 318 g/mol. The number of nitrogens with one attached hydrogen (secondary N) is 1. The number of piperidine rings is 1. The molecule has 2 fully saturated rings. The number of nitrogens with zero attached hydrogens (tertiary/aromatic N) is 2. The lowest BCUT2D eigenvalue weighted by Gasteiger charge is -2.41. The molecule has 2 rings (SSSR count). The van der Waals surface area contributed by atoms with E-state index in [-0.39, 0.29) is 36.9 Å². The van der Waals surface area contributed by atoms with E-state index in [9.17, 15) is 9.59 Å². The van der Waals surface area contributed by atoms with E-state index in [0.29, 0.717) is 19.7 Å². The number of carbonyl (C=O) groups is 2. The van der Waals surface area contributed by atoms with E-state index in [4.69, 9.17) is 4.74 Å². The molecule has 0 spiro atoms. The Morgan fingerprint density at radius 1 is 1.35 bits per heavy atom. The third-order valence-corrected chi connectivity index (χ3v) is 4.43. The molecule has 23 heavy (non-hydrogen) atoms. The standard InChI is InChI=1S/C16H29N3O3.ClH/c1-2-3-4-10-22-13-16(21)18-8-5-6-14(12-18)19-9-7-17-11-15(19)20;/h14,17H,2-13H2,1H3;1H. The Bertz CT molecular complexity index is 382. The first-order chi connectivity index (χ1) is 10.7.